The van der Waals surface area contributed by atoms with E-state index < -0.39 is 0 Å². The molecule has 1 aromatic heterocycles. The van der Waals surface area contributed by atoms with Crippen LogP contribution in [0.2, 0.25) is 0 Å². The second kappa shape index (κ2) is 6.75. The minimum absolute atomic E-state index is 0.102. The molecule has 0 atom stereocenters. The SMILES string of the molecule is CSc1ccc(NC(=O)c2ccc(C)c(-n3cccc3)c2)cc1. The van der Waals surface area contributed by atoms with E-state index >= 15 is 0 Å². The second-order valence-corrected chi connectivity index (χ2v) is 6.15. The van der Waals surface area contributed by atoms with Crippen molar-refractivity contribution in [1.29, 1.82) is 0 Å². The lowest BCUT2D eigenvalue weighted by molar-refractivity contribution is 0.102. The van der Waals surface area contributed by atoms with Gasteiger partial charge in [-0.1, -0.05) is 6.07 Å². The molecule has 1 heterocycles. The van der Waals surface area contributed by atoms with Crippen molar-refractivity contribution in [1.82, 2.24) is 4.57 Å². The molecule has 0 unspecified atom stereocenters. The van der Waals surface area contributed by atoms with Crippen molar-refractivity contribution in [3.05, 3.63) is 78.1 Å². The van der Waals surface area contributed by atoms with E-state index in [1.165, 1.54) is 4.90 Å². The second-order valence-electron chi connectivity index (χ2n) is 5.27. The van der Waals surface area contributed by atoms with E-state index in [1.54, 1.807) is 11.8 Å². The van der Waals surface area contributed by atoms with Crippen LogP contribution in [0.4, 0.5) is 5.69 Å². The molecule has 0 spiro atoms. The standard InChI is InChI=1S/C19H18N2OS/c1-14-5-6-15(13-18(14)21-11-3-4-12-21)19(22)20-16-7-9-17(23-2)10-8-16/h3-13H,1-2H3,(H,20,22). The Morgan fingerprint density at radius 3 is 2.39 bits per heavy atom. The van der Waals surface area contributed by atoms with Crippen LogP contribution < -0.4 is 5.32 Å². The Morgan fingerprint density at radius 1 is 1.04 bits per heavy atom. The zero-order valence-corrected chi connectivity index (χ0v) is 13.9. The summed E-state index contributed by atoms with van der Waals surface area (Å²) < 4.78 is 2.01. The van der Waals surface area contributed by atoms with Gasteiger partial charge in [0.25, 0.3) is 5.91 Å². The van der Waals surface area contributed by atoms with Crippen LogP contribution in [-0.4, -0.2) is 16.7 Å². The number of carbonyl (C=O) groups is 1. The first-order valence-corrected chi connectivity index (χ1v) is 8.59. The number of benzene rings is 2. The van der Waals surface area contributed by atoms with E-state index in [1.807, 2.05) is 84.7 Å². The topological polar surface area (TPSA) is 34.0 Å². The highest BCUT2D eigenvalue weighted by Crippen LogP contribution is 2.20. The molecule has 0 saturated heterocycles. The molecular weight excluding hydrogens is 304 g/mol. The lowest BCUT2D eigenvalue weighted by Crippen LogP contribution is -2.12. The van der Waals surface area contributed by atoms with Crippen LogP contribution in [0.1, 0.15) is 15.9 Å². The summed E-state index contributed by atoms with van der Waals surface area (Å²) in [6.45, 7) is 2.04. The van der Waals surface area contributed by atoms with Gasteiger partial charge in [-0.3, -0.25) is 4.79 Å². The third kappa shape index (κ3) is 3.48. The summed E-state index contributed by atoms with van der Waals surface area (Å²) in [5.41, 5.74) is 3.59. The van der Waals surface area contributed by atoms with Crippen LogP contribution >= 0.6 is 11.8 Å². The molecule has 116 valence electrons. The van der Waals surface area contributed by atoms with Crippen LogP contribution in [0.25, 0.3) is 5.69 Å². The quantitative estimate of drug-likeness (QED) is 0.703. The van der Waals surface area contributed by atoms with Gasteiger partial charge in [0.1, 0.15) is 0 Å². The largest absolute Gasteiger partial charge is 0.324 e. The first-order chi connectivity index (χ1) is 11.2. The first-order valence-electron chi connectivity index (χ1n) is 7.37. The van der Waals surface area contributed by atoms with E-state index in [9.17, 15) is 4.79 Å². The highest BCUT2D eigenvalue weighted by Gasteiger charge is 2.09. The molecule has 3 nitrogen and oxygen atoms in total. The van der Waals surface area contributed by atoms with Gasteiger partial charge in [0.2, 0.25) is 0 Å². The Hall–Kier alpha value is -2.46. The smallest absolute Gasteiger partial charge is 0.255 e. The van der Waals surface area contributed by atoms with Crippen molar-refractivity contribution in [3.63, 3.8) is 0 Å². The number of aromatic nitrogens is 1. The average Bonchev–Trinajstić information content (AvgIpc) is 3.10. The van der Waals surface area contributed by atoms with E-state index in [2.05, 4.69) is 5.32 Å². The maximum Gasteiger partial charge on any atom is 0.255 e. The van der Waals surface area contributed by atoms with Crippen LogP contribution in [-0.2, 0) is 0 Å². The molecule has 2 aromatic carbocycles. The third-order valence-electron chi connectivity index (χ3n) is 3.70. The summed E-state index contributed by atoms with van der Waals surface area (Å²) in [6, 6.07) is 17.5. The molecular formula is C19H18N2OS. The fourth-order valence-corrected chi connectivity index (χ4v) is 2.81. The summed E-state index contributed by atoms with van der Waals surface area (Å²) >= 11 is 1.68. The molecule has 0 aliphatic rings. The highest BCUT2D eigenvalue weighted by molar-refractivity contribution is 7.98. The van der Waals surface area contributed by atoms with E-state index in [0.717, 1.165) is 16.9 Å². The average molecular weight is 322 g/mol. The summed E-state index contributed by atoms with van der Waals surface area (Å²) in [7, 11) is 0. The van der Waals surface area contributed by atoms with Crippen LogP contribution in [0.3, 0.4) is 0 Å². The Labute approximate surface area is 140 Å². The molecule has 23 heavy (non-hydrogen) atoms. The predicted molar refractivity (Wildman–Crippen MR) is 96.7 cm³/mol. The molecule has 3 rings (SSSR count). The molecule has 0 aliphatic heterocycles. The molecule has 0 fully saturated rings. The van der Waals surface area contributed by atoms with Gasteiger partial charge in [0.05, 0.1) is 0 Å². The number of hydrogen-bond donors (Lipinski definition) is 1. The van der Waals surface area contributed by atoms with Gasteiger partial charge in [-0.25, -0.2) is 0 Å². The van der Waals surface area contributed by atoms with Gasteiger partial charge in [0.15, 0.2) is 0 Å². The monoisotopic (exact) mass is 322 g/mol. The molecule has 3 aromatic rings. The molecule has 1 N–H and O–H groups in total. The lowest BCUT2D eigenvalue weighted by atomic mass is 10.1. The summed E-state index contributed by atoms with van der Waals surface area (Å²) in [6.07, 6.45) is 5.99. The Bertz CT molecular complexity index is 808. The number of rotatable bonds is 4. The summed E-state index contributed by atoms with van der Waals surface area (Å²) in [5.74, 6) is -0.102. The number of thioether (sulfide) groups is 1. The first kappa shape index (κ1) is 15.4. The van der Waals surface area contributed by atoms with Crippen molar-refractivity contribution in [2.45, 2.75) is 11.8 Å². The minimum atomic E-state index is -0.102. The number of nitrogens with one attached hydrogen (secondary N) is 1. The molecule has 0 saturated carbocycles. The number of hydrogen-bond acceptors (Lipinski definition) is 2. The fraction of sp³-hybridized carbons (Fsp3) is 0.105. The van der Waals surface area contributed by atoms with Gasteiger partial charge >= 0.3 is 0 Å². The Balaban J connectivity index is 1.83. The molecule has 1 amide bonds. The van der Waals surface area contributed by atoms with E-state index in [-0.39, 0.29) is 5.91 Å². The zero-order chi connectivity index (χ0) is 16.2. The van der Waals surface area contributed by atoms with Gasteiger partial charge in [-0.15, -0.1) is 11.8 Å². The van der Waals surface area contributed by atoms with Crippen LogP contribution in [0.5, 0.6) is 0 Å². The van der Waals surface area contributed by atoms with Crippen molar-refractivity contribution in [2.75, 3.05) is 11.6 Å². The van der Waals surface area contributed by atoms with Gasteiger partial charge in [0, 0.05) is 34.2 Å². The molecule has 4 heteroatoms. The van der Waals surface area contributed by atoms with Crippen LogP contribution in [0, 0.1) is 6.92 Å². The lowest BCUT2D eigenvalue weighted by Gasteiger charge is -2.11. The van der Waals surface area contributed by atoms with Gasteiger partial charge < -0.3 is 9.88 Å². The Kier molecular flexibility index (Phi) is 4.53. The van der Waals surface area contributed by atoms with Gasteiger partial charge in [-0.2, -0.15) is 0 Å². The number of anilines is 1. The molecule has 0 bridgehead atoms. The zero-order valence-electron chi connectivity index (χ0n) is 13.1. The van der Waals surface area contributed by atoms with Crippen LogP contribution in [0.15, 0.2) is 71.9 Å². The number of aryl methyl sites for hydroxylation is 1. The normalized spacial score (nSPS) is 10.5. The number of nitrogens with zero attached hydrogens (tertiary/aromatic N) is 1. The number of amides is 1. The fourth-order valence-electron chi connectivity index (χ4n) is 2.40. The predicted octanol–water partition coefficient (Wildman–Crippen LogP) is 4.76. The molecule has 0 radical (unpaired) electrons. The maximum absolute atomic E-state index is 12.5. The maximum atomic E-state index is 12.5. The summed E-state index contributed by atoms with van der Waals surface area (Å²) in [4.78, 5) is 13.7. The number of carbonyl (C=O) groups excluding carboxylic acids is 1. The van der Waals surface area contributed by atoms with E-state index in [0.29, 0.717) is 5.56 Å². The molecule has 0 aliphatic carbocycles. The minimum Gasteiger partial charge on any atom is -0.324 e. The highest BCUT2D eigenvalue weighted by atomic mass is 32.2. The van der Waals surface area contributed by atoms with Crippen molar-refractivity contribution in [3.8, 4) is 5.69 Å². The van der Waals surface area contributed by atoms with Crippen molar-refractivity contribution in [2.24, 2.45) is 0 Å². The van der Waals surface area contributed by atoms with Crippen molar-refractivity contribution >= 4 is 23.4 Å². The van der Waals surface area contributed by atoms with Crippen molar-refractivity contribution < 1.29 is 4.79 Å². The third-order valence-corrected chi connectivity index (χ3v) is 4.45. The van der Waals surface area contributed by atoms with Gasteiger partial charge in [-0.05, 0) is 67.3 Å². The van der Waals surface area contributed by atoms with E-state index in [4.69, 9.17) is 0 Å². The Morgan fingerprint density at radius 2 is 1.74 bits per heavy atom. The summed E-state index contributed by atoms with van der Waals surface area (Å²) in [5, 5.41) is 2.94.